The molecule has 0 heterocycles. The van der Waals surface area contributed by atoms with Gasteiger partial charge in [0.15, 0.2) is 0 Å². The predicted molar refractivity (Wildman–Crippen MR) is 48.8 cm³/mol. The van der Waals surface area contributed by atoms with Crippen LogP contribution in [0.25, 0.3) is 0 Å². The highest BCUT2D eigenvalue weighted by atomic mass is 16.5. The van der Waals surface area contributed by atoms with E-state index in [0.29, 0.717) is 6.04 Å². The summed E-state index contributed by atoms with van der Waals surface area (Å²) in [6.45, 7) is 9.80. The lowest BCUT2D eigenvalue weighted by Crippen LogP contribution is -2.34. The maximum absolute atomic E-state index is 5.04. The minimum Gasteiger partial charge on any atom is -0.383 e. The number of nitrogens with one attached hydrogen (secondary N) is 1. The van der Waals surface area contributed by atoms with Gasteiger partial charge in [0.2, 0.25) is 0 Å². The topological polar surface area (TPSA) is 21.3 Å². The second-order valence-electron chi connectivity index (χ2n) is 2.81. The van der Waals surface area contributed by atoms with E-state index >= 15 is 0 Å². The third-order valence-electron chi connectivity index (χ3n) is 1.57. The third kappa shape index (κ3) is 4.99. The molecule has 0 spiro atoms. The van der Waals surface area contributed by atoms with Crippen LogP contribution in [0.2, 0.25) is 0 Å². The Balaban J connectivity index is 3.60. The van der Waals surface area contributed by atoms with E-state index in [0.717, 1.165) is 25.1 Å². The molecule has 0 aliphatic carbocycles. The molecule has 0 aliphatic heterocycles. The van der Waals surface area contributed by atoms with Gasteiger partial charge in [-0.1, -0.05) is 19.1 Å². The molecule has 0 saturated carbocycles. The van der Waals surface area contributed by atoms with E-state index in [9.17, 15) is 0 Å². The van der Waals surface area contributed by atoms with Crippen LogP contribution in [0.1, 0.15) is 20.3 Å². The van der Waals surface area contributed by atoms with Crippen molar-refractivity contribution in [1.82, 2.24) is 5.32 Å². The van der Waals surface area contributed by atoms with E-state index in [1.165, 1.54) is 0 Å². The van der Waals surface area contributed by atoms with Crippen molar-refractivity contribution in [2.45, 2.75) is 26.3 Å². The van der Waals surface area contributed by atoms with Gasteiger partial charge in [-0.25, -0.2) is 0 Å². The predicted octanol–water partition coefficient (Wildman–Crippen LogP) is 1.58. The molecule has 0 rings (SSSR count). The van der Waals surface area contributed by atoms with E-state index < -0.39 is 0 Å². The summed E-state index contributed by atoms with van der Waals surface area (Å²) in [5.41, 5.74) is 1.14. The second kappa shape index (κ2) is 6.38. The monoisotopic (exact) mass is 157 g/mol. The number of hydrogen-bond donors (Lipinski definition) is 1. The Labute approximate surface area is 69.6 Å². The van der Waals surface area contributed by atoms with Gasteiger partial charge in [0.1, 0.15) is 0 Å². The normalized spacial score (nSPS) is 13.0. The Morgan fingerprint density at radius 3 is 2.64 bits per heavy atom. The summed E-state index contributed by atoms with van der Waals surface area (Å²) >= 11 is 0. The van der Waals surface area contributed by atoms with Gasteiger partial charge in [0.25, 0.3) is 0 Å². The highest BCUT2D eigenvalue weighted by molar-refractivity contribution is 5.01. The third-order valence-corrected chi connectivity index (χ3v) is 1.57. The number of rotatable bonds is 6. The van der Waals surface area contributed by atoms with Crippen LogP contribution in [-0.2, 0) is 4.74 Å². The van der Waals surface area contributed by atoms with E-state index in [1.54, 1.807) is 7.11 Å². The molecule has 0 aliphatic rings. The van der Waals surface area contributed by atoms with Gasteiger partial charge in [0.05, 0.1) is 12.6 Å². The zero-order valence-corrected chi connectivity index (χ0v) is 7.81. The highest BCUT2D eigenvalue weighted by Gasteiger charge is 2.05. The van der Waals surface area contributed by atoms with Gasteiger partial charge in [-0.2, -0.15) is 0 Å². The first kappa shape index (κ1) is 10.7. The zero-order valence-electron chi connectivity index (χ0n) is 7.81. The lowest BCUT2D eigenvalue weighted by molar-refractivity contribution is 0.177. The Kier molecular flexibility index (Phi) is 6.18. The van der Waals surface area contributed by atoms with Crippen LogP contribution in [0.5, 0.6) is 0 Å². The van der Waals surface area contributed by atoms with Crippen molar-refractivity contribution in [1.29, 1.82) is 0 Å². The van der Waals surface area contributed by atoms with Gasteiger partial charge in [0, 0.05) is 7.11 Å². The molecule has 0 radical (unpaired) electrons. The standard InChI is InChI=1S/C9H19NO/c1-5-6-10-9(7-11-4)8(2)3/h9-10H,2,5-7H2,1,3-4H3. The van der Waals surface area contributed by atoms with Crippen LogP contribution < -0.4 is 5.32 Å². The molecule has 11 heavy (non-hydrogen) atoms. The molecule has 0 aromatic heterocycles. The van der Waals surface area contributed by atoms with E-state index in [4.69, 9.17) is 4.74 Å². The molecule has 1 N–H and O–H groups in total. The molecule has 0 saturated heterocycles. The largest absolute Gasteiger partial charge is 0.383 e. The molecule has 1 atom stereocenters. The molecule has 0 fully saturated rings. The summed E-state index contributed by atoms with van der Waals surface area (Å²) in [4.78, 5) is 0. The molecule has 0 bridgehead atoms. The summed E-state index contributed by atoms with van der Waals surface area (Å²) in [5, 5.41) is 3.35. The van der Waals surface area contributed by atoms with Crippen LogP contribution >= 0.6 is 0 Å². The molecule has 0 aromatic carbocycles. The summed E-state index contributed by atoms with van der Waals surface area (Å²) in [6, 6.07) is 0.319. The smallest absolute Gasteiger partial charge is 0.0654 e. The van der Waals surface area contributed by atoms with Crippen molar-refractivity contribution >= 4 is 0 Å². The Hall–Kier alpha value is -0.340. The van der Waals surface area contributed by atoms with Crippen molar-refractivity contribution in [3.63, 3.8) is 0 Å². The summed E-state index contributed by atoms with van der Waals surface area (Å²) in [7, 11) is 1.71. The highest BCUT2D eigenvalue weighted by Crippen LogP contribution is 1.97. The van der Waals surface area contributed by atoms with Crippen molar-refractivity contribution in [2.24, 2.45) is 0 Å². The van der Waals surface area contributed by atoms with Gasteiger partial charge in [-0.3, -0.25) is 0 Å². The lowest BCUT2D eigenvalue weighted by Gasteiger charge is -2.17. The van der Waals surface area contributed by atoms with Crippen LogP contribution in [0, 0.1) is 0 Å². The molecule has 0 amide bonds. The van der Waals surface area contributed by atoms with Gasteiger partial charge in [-0.05, 0) is 19.9 Å². The average Bonchev–Trinajstić information content (AvgIpc) is 1.97. The fourth-order valence-corrected chi connectivity index (χ4v) is 0.861. The first-order chi connectivity index (χ1) is 5.22. The Morgan fingerprint density at radius 2 is 2.27 bits per heavy atom. The van der Waals surface area contributed by atoms with Crippen molar-refractivity contribution in [3.8, 4) is 0 Å². The maximum atomic E-state index is 5.04. The van der Waals surface area contributed by atoms with Gasteiger partial charge < -0.3 is 10.1 Å². The van der Waals surface area contributed by atoms with Crippen molar-refractivity contribution in [3.05, 3.63) is 12.2 Å². The van der Waals surface area contributed by atoms with Crippen LogP contribution in [-0.4, -0.2) is 26.3 Å². The molecule has 1 unspecified atom stereocenters. The average molecular weight is 157 g/mol. The molecular formula is C9H19NO. The fraction of sp³-hybridized carbons (Fsp3) is 0.778. The number of hydrogen-bond acceptors (Lipinski definition) is 2. The zero-order chi connectivity index (χ0) is 8.69. The van der Waals surface area contributed by atoms with Crippen LogP contribution in [0.15, 0.2) is 12.2 Å². The number of methoxy groups -OCH3 is 1. The maximum Gasteiger partial charge on any atom is 0.0654 e. The summed E-state index contributed by atoms with van der Waals surface area (Å²) in [5.74, 6) is 0. The molecule has 2 nitrogen and oxygen atoms in total. The second-order valence-corrected chi connectivity index (χ2v) is 2.81. The van der Waals surface area contributed by atoms with Crippen LogP contribution in [0.4, 0.5) is 0 Å². The van der Waals surface area contributed by atoms with Crippen molar-refractivity contribution in [2.75, 3.05) is 20.3 Å². The molecular weight excluding hydrogens is 138 g/mol. The van der Waals surface area contributed by atoms with Crippen molar-refractivity contribution < 1.29 is 4.74 Å². The van der Waals surface area contributed by atoms with Gasteiger partial charge in [-0.15, -0.1) is 0 Å². The quantitative estimate of drug-likeness (QED) is 0.591. The van der Waals surface area contributed by atoms with E-state index in [-0.39, 0.29) is 0 Å². The molecule has 0 aromatic rings. The molecule has 66 valence electrons. The van der Waals surface area contributed by atoms with Crippen LogP contribution in [0.3, 0.4) is 0 Å². The fourth-order valence-electron chi connectivity index (χ4n) is 0.861. The van der Waals surface area contributed by atoms with Gasteiger partial charge >= 0.3 is 0 Å². The molecule has 2 heteroatoms. The minimum absolute atomic E-state index is 0.319. The minimum atomic E-state index is 0.319. The Morgan fingerprint density at radius 1 is 1.64 bits per heavy atom. The Bertz CT molecular complexity index is 112. The summed E-state index contributed by atoms with van der Waals surface area (Å²) < 4.78 is 5.04. The first-order valence-corrected chi connectivity index (χ1v) is 4.10. The van der Waals surface area contributed by atoms with E-state index in [1.807, 2.05) is 6.92 Å². The lowest BCUT2D eigenvalue weighted by atomic mass is 10.1. The number of ether oxygens (including phenoxy) is 1. The SMILES string of the molecule is C=C(C)C(COC)NCCC. The van der Waals surface area contributed by atoms with E-state index in [2.05, 4.69) is 18.8 Å². The summed E-state index contributed by atoms with van der Waals surface area (Å²) in [6.07, 6.45) is 1.15. The first-order valence-electron chi connectivity index (χ1n) is 4.10.